The molecule has 0 saturated carbocycles. The van der Waals surface area contributed by atoms with Crippen LogP contribution in [0.4, 0.5) is 5.13 Å². The number of carbonyl (C=O) groups is 2. The number of aryl methyl sites for hydroxylation is 1. The van der Waals surface area contributed by atoms with Crippen LogP contribution in [0.3, 0.4) is 0 Å². The maximum Gasteiger partial charge on any atom is 0.301 e. The first-order valence-corrected chi connectivity index (χ1v) is 18.0. The van der Waals surface area contributed by atoms with E-state index in [0.717, 1.165) is 23.3 Å². The molecule has 2 atom stereocenters. The average molecular weight is 686 g/mol. The van der Waals surface area contributed by atoms with Gasteiger partial charge in [-0.2, -0.15) is 0 Å². The Morgan fingerprint density at radius 2 is 1.85 bits per heavy atom. The lowest BCUT2D eigenvalue weighted by Gasteiger charge is -2.24. The normalized spacial score (nSPS) is 18.3. The van der Waals surface area contributed by atoms with E-state index < -0.39 is 17.7 Å². The van der Waals surface area contributed by atoms with E-state index in [4.69, 9.17) is 14.2 Å². The van der Waals surface area contributed by atoms with Crippen LogP contribution < -0.4 is 19.1 Å². The molecule has 1 N–H and O–H groups in total. The van der Waals surface area contributed by atoms with Gasteiger partial charge < -0.3 is 19.3 Å². The van der Waals surface area contributed by atoms with E-state index in [1.807, 2.05) is 26.8 Å². The van der Waals surface area contributed by atoms with E-state index in [2.05, 4.69) is 48.3 Å². The van der Waals surface area contributed by atoms with Crippen LogP contribution in [-0.2, 0) is 21.8 Å². The molecule has 6 rings (SSSR count). The highest BCUT2D eigenvalue weighted by Gasteiger charge is 2.48. The average Bonchev–Trinajstić information content (AvgIpc) is 3.75. The lowest BCUT2D eigenvalue weighted by molar-refractivity contribution is -0.132. The Balaban J connectivity index is 1.40. The van der Waals surface area contributed by atoms with Crippen molar-refractivity contribution >= 4 is 45.7 Å². The van der Waals surface area contributed by atoms with Gasteiger partial charge in [-0.25, -0.2) is 0 Å². The number of ketones is 1. The molecule has 2 aliphatic heterocycles. The van der Waals surface area contributed by atoms with Crippen molar-refractivity contribution in [3.05, 3.63) is 94.1 Å². The van der Waals surface area contributed by atoms with Crippen LogP contribution in [0, 0.1) is 12.8 Å². The summed E-state index contributed by atoms with van der Waals surface area (Å²) in [5.74, 6) is 1.08. The van der Waals surface area contributed by atoms with Crippen molar-refractivity contribution in [3.63, 3.8) is 0 Å². The molecule has 3 heterocycles. The summed E-state index contributed by atoms with van der Waals surface area (Å²) < 4.78 is 18.6. The molecule has 0 aliphatic carbocycles. The van der Waals surface area contributed by atoms with E-state index in [1.54, 1.807) is 30.3 Å². The summed E-state index contributed by atoms with van der Waals surface area (Å²) in [6, 6.07) is 18.0. The van der Waals surface area contributed by atoms with Gasteiger partial charge in [0.1, 0.15) is 17.6 Å². The van der Waals surface area contributed by atoms with Crippen LogP contribution in [0.5, 0.6) is 17.2 Å². The predicted molar refractivity (Wildman–Crippen MR) is 188 cm³/mol. The van der Waals surface area contributed by atoms with Crippen LogP contribution in [-0.4, -0.2) is 46.3 Å². The number of aliphatic hydroxyl groups excluding tert-OH is 1. The molecule has 4 aromatic rings. The van der Waals surface area contributed by atoms with E-state index in [-0.39, 0.29) is 22.6 Å². The number of nitrogens with zero attached hydrogens (tertiary/aromatic N) is 3. The Labute approximate surface area is 288 Å². The summed E-state index contributed by atoms with van der Waals surface area (Å²) in [7, 11) is 0. The molecule has 1 fully saturated rings. The molecule has 250 valence electrons. The van der Waals surface area contributed by atoms with Gasteiger partial charge in [0, 0.05) is 17.7 Å². The smallest absolute Gasteiger partial charge is 0.301 e. The van der Waals surface area contributed by atoms with Gasteiger partial charge in [0.2, 0.25) is 5.13 Å². The topological polar surface area (TPSA) is 111 Å². The monoisotopic (exact) mass is 685 g/mol. The highest BCUT2D eigenvalue weighted by Crippen LogP contribution is 2.46. The number of aromatic nitrogens is 2. The van der Waals surface area contributed by atoms with Crippen molar-refractivity contribution in [1.82, 2.24) is 10.2 Å². The molecule has 2 unspecified atom stereocenters. The highest BCUT2D eigenvalue weighted by molar-refractivity contribution is 8.00. The van der Waals surface area contributed by atoms with Crippen molar-refractivity contribution in [2.24, 2.45) is 5.92 Å². The van der Waals surface area contributed by atoms with Crippen molar-refractivity contribution in [2.75, 3.05) is 18.1 Å². The molecular weight excluding hydrogens is 647 g/mol. The number of thioether (sulfide) groups is 1. The van der Waals surface area contributed by atoms with Crippen molar-refractivity contribution in [2.45, 2.75) is 69.7 Å². The van der Waals surface area contributed by atoms with Gasteiger partial charge in [0.25, 0.3) is 5.78 Å². The summed E-state index contributed by atoms with van der Waals surface area (Å²) >= 11 is 2.74. The molecule has 2 aliphatic rings. The zero-order chi connectivity index (χ0) is 33.9. The number of aliphatic hydroxyl groups is 1. The number of hydrogen-bond donors (Lipinski definition) is 1. The zero-order valence-corrected chi connectivity index (χ0v) is 29.3. The maximum atomic E-state index is 13.9. The summed E-state index contributed by atoms with van der Waals surface area (Å²) in [4.78, 5) is 29.1. The number of Topliss-reactive ketones (excluding diaryl/α,β-unsaturated/α-hetero) is 1. The molecule has 11 heteroatoms. The zero-order valence-electron chi connectivity index (χ0n) is 27.7. The van der Waals surface area contributed by atoms with Gasteiger partial charge in [0.05, 0.1) is 24.8 Å². The third kappa shape index (κ3) is 7.07. The van der Waals surface area contributed by atoms with Gasteiger partial charge in [-0.3, -0.25) is 14.5 Å². The minimum absolute atomic E-state index is 0.0108. The molecule has 0 bridgehead atoms. The number of anilines is 1. The number of benzene rings is 3. The summed E-state index contributed by atoms with van der Waals surface area (Å²) in [5.41, 5.74) is 4.21. The maximum absolute atomic E-state index is 13.9. The van der Waals surface area contributed by atoms with Gasteiger partial charge in [-0.05, 0) is 80.1 Å². The van der Waals surface area contributed by atoms with Gasteiger partial charge in [-0.15, -0.1) is 10.2 Å². The number of ether oxygens (including phenoxy) is 3. The van der Waals surface area contributed by atoms with Crippen LogP contribution in [0.1, 0.15) is 68.0 Å². The number of fused-ring (bicyclic) bond motifs is 1. The number of rotatable bonds is 12. The molecular formula is C37H39N3O6S2. The van der Waals surface area contributed by atoms with Crippen LogP contribution in [0.25, 0.3) is 5.76 Å². The van der Waals surface area contributed by atoms with Gasteiger partial charge in [0.15, 0.2) is 15.8 Å². The third-order valence-corrected chi connectivity index (χ3v) is 10.4. The Kier molecular flexibility index (Phi) is 10.1. The lowest BCUT2D eigenvalue weighted by Crippen LogP contribution is -2.29. The third-order valence-electron chi connectivity index (χ3n) is 8.23. The van der Waals surface area contributed by atoms with Crippen molar-refractivity contribution in [1.29, 1.82) is 0 Å². The fourth-order valence-corrected chi connectivity index (χ4v) is 7.57. The number of carbonyl (C=O) groups excluding carboxylic acids is 2. The Bertz CT molecular complexity index is 1850. The molecule has 0 spiro atoms. The number of hydrogen-bond acceptors (Lipinski definition) is 10. The first-order valence-electron chi connectivity index (χ1n) is 16.1. The Hall–Kier alpha value is -4.35. The first-order chi connectivity index (χ1) is 23.1. The standard InChI is InChI=1S/C37H39N3O6S2/c1-6-44-30-19-25(11-14-29(30)45-16-15-21(2)3)32-31(33(41)26-12-13-28-27(18-26)17-23(5)46-28)34(42)35(43)40(32)36-38-39-37(48-36)47-20-24-9-7-22(4)8-10-24/h7-14,18-19,21,23,32,41H,6,15-17,20H2,1-5H3/b33-31-. The van der Waals surface area contributed by atoms with E-state index in [0.29, 0.717) is 58.3 Å². The molecule has 0 radical (unpaired) electrons. The fourth-order valence-electron chi connectivity index (χ4n) is 5.74. The predicted octanol–water partition coefficient (Wildman–Crippen LogP) is 7.91. The second-order valence-electron chi connectivity index (χ2n) is 12.4. The van der Waals surface area contributed by atoms with Crippen LogP contribution in [0.2, 0.25) is 0 Å². The largest absolute Gasteiger partial charge is 0.507 e. The molecule has 9 nitrogen and oxygen atoms in total. The minimum atomic E-state index is -0.986. The molecule has 1 saturated heterocycles. The fraction of sp³-hybridized carbons (Fsp3) is 0.351. The summed E-state index contributed by atoms with van der Waals surface area (Å²) in [6.45, 7) is 11.1. The van der Waals surface area contributed by atoms with Crippen LogP contribution in [0.15, 0.2) is 70.6 Å². The molecule has 1 amide bonds. The lowest BCUT2D eigenvalue weighted by atomic mass is 9.94. The van der Waals surface area contributed by atoms with Crippen molar-refractivity contribution in [3.8, 4) is 17.2 Å². The SMILES string of the molecule is CCOc1cc(C2/C(=C(/O)c3ccc4c(c3)CC(C)O4)C(=O)C(=O)N2c2nnc(SCc3ccc(C)cc3)s2)ccc1OCCC(C)C. The van der Waals surface area contributed by atoms with E-state index >= 15 is 0 Å². The minimum Gasteiger partial charge on any atom is -0.507 e. The van der Waals surface area contributed by atoms with E-state index in [9.17, 15) is 14.7 Å². The second kappa shape index (κ2) is 14.4. The molecule has 1 aromatic heterocycles. The highest BCUT2D eigenvalue weighted by atomic mass is 32.2. The second-order valence-corrected chi connectivity index (χ2v) is 14.6. The van der Waals surface area contributed by atoms with Crippen molar-refractivity contribution < 1.29 is 28.9 Å². The Morgan fingerprint density at radius 1 is 1.06 bits per heavy atom. The molecule has 3 aromatic carbocycles. The Morgan fingerprint density at radius 3 is 2.60 bits per heavy atom. The number of amides is 1. The van der Waals surface area contributed by atoms with Gasteiger partial charge in [-0.1, -0.05) is 72.8 Å². The summed E-state index contributed by atoms with van der Waals surface area (Å²) in [5, 5.41) is 20.8. The van der Waals surface area contributed by atoms with E-state index in [1.165, 1.54) is 33.6 Å². The quantitative estimate of drug-likeness (QED) is 0.0523. The first kappa shape index (κ1) is 33.5. The summed E-state index contributed by atoms with van der Waals surface area (Å²) in [6.07, 6.45) is 1.56. The van der Waals surface area contributed by atoms with Gasteiger partial charge >= 0.3 is 5.91 Å². The molecule has 48 heavy (non-hydrogen) atoms. The van der Waals surface area contributed by atoms with Crippen LogP contribution >= 0.6 is 23.1 Å².